The lowest BCUT2D eigenvalue weighted by Crippen LogP contribution is -2.21. The molecule has 0 fully saturated rings. The summed E-state index contributed by atoms with van der Waals surface area (Å²) in [5.74, 6) is 1.45. The minimum Gasteiger partial charge on any atom is -0.493 e. The van der Waals surface area contributed by atoms with Crippen LogP contribution in [0.2, 0.25) is 0 Å². The molecule has 2 aromatic carbocycles. The molecule has 124 valence electrons. The summed E-state index contributed by atoms with van der Waals surface area (Å²) in [4.78, 5) is 0. The first-order chi connectivity index (χ1) is 11.0. The molecule has 0 aliphatic carbocycles. The number of methoxy groups -OCH3 is 2. The van der Waals surface area contributed by atoms with Crippen LogP contribution < -0.4 is 14.8 Å². The Morgan fingerprint density at radius 1 is 1.04 bits per heavy atom. The second-order valence-corrected chi connectivity index (χ2v) is 5.69. The van der Waals surface area contributed by atoms with Crippen LogP contribution in [0.25, 0.3) is 0 Å². The van der Waals surface area contributed by atoms with Crippen LogP contribution in [-0.2, 0) is 6.54 Å². The maximum atomic E-state index is 10.3. The van der Waals surface area contributed by atoms with E-state index in [9.17, 15) is 5.11 Å². The molecule has 0 aliphatic rings. The molecule has 0 aliphatic heterocycles. The molecule has 0 aromatic heterocycles. The van der Waals surface area contributed by atoms with E-state index in [4.69, 9.17) is 9.47 Å². The van der Waals surface area contributed by atoms with Crippen LogP contribution in [0.4, 0.5) is 0 Å². The van der Waals surface area contributed by atoms with Crippen LogP contribution in [0.15, 0.2) is 36.4 Å². The van der Waals surface area contributed by atoms with Gasteiger partial charge in [0.05, 0.1) is 20.3 Å². The summed E-state index contributed by atoms with van der Waals surface area (Å²) in [6, 6.07) is 11.9. The predicted molar refractivity (Wildman–Crippen MR) is 92.1 cm³/mol. The highest BCUT2D eigenvalue weighted by molar-refractivity contribution is 5.47. The van der Waals surface area contributed by atoms with Crippen LogP contribution in [0.3, 0.4) is 0 Å². The van der Waals surface area contributed by atoms with Gasteiger partial charge in [-0.2, -0.15) is 0 Å². The lowest BCUT2D eigenvalue weighted by molar-refractivity contribution is 0.174. The molecule has 0 radical (unpaired) electrons. The zero-order valence-corrected chi connectivity index (χ0v) is 14.2. The fourth-order valence-corrected chi connectivity index (χ4v) is 2.55. The summed E-state index contributed by atoms with van der Waals surface area (Å²) in [5.41, 5.74) is 4.33. The van der Waals surface area contributed by atoms with Gasteiger partial charge >= 0.3 is 0 Å². The standard InChI is InChI=1S/C19H25NO3/c1-13-6-5-7-15(8-13)17(21)12-20-11-16-10-19(23-4)18(22-3)9-14(16)2/h5-10,17,20-21H,11-12H2,1-4H3. The largest absolute Gasteiger partial charge is 0.493 e. The number of hydrogen-bond acceptors (Lipinski definition) is 4. The van der Waals surface area contributed by atoms with Crippen molar-refractivity contribution >= 4 is 0 Å². The topological polar surface area (TPSA) is 50.7 Å². The summed E-state index contributed by atoms with van der Waals surface area (Å²) in [6.45, 7) is 5.22. The van der Waals surface area contributed by atoms with Crippen molar-refractivity contribution in [3.63, 3.8) is 0 Å². The highest BCUT2D eigenvalue weighted by atomic mass is 16.5. The molecule has 1 unspecified atom stereocenters. The minimum absolute atomic E-state index is 0.497. The van der Waals surface area contributed by atoms with Crippen molar-refractivity contribution < 1.29 is 14.6 Å². The first kappa shape index (κ1) is 17.3. The molecule has 2 aromatic rings. The molecule has 1 atom stereocenters. The smallest absolute Gasteiger partial charge is 0.161 e. The summed E-state index contributed by atoms with van der Waals surface area (Å²) >= 11 is 0. The second kappa shape index (κ2) is 7.99. The van der Waals surface area contributed by atoms with Gasteiger partial charge in [-0.3, -0.25) is 0 Å². The number of aliphatic hydroxyl groups excluding tert-OH is 1. The van der Waals surface area contributed by atoms with E-state index in [0.29, 0.717) is 18.8 Å². The van der Waals surface area contributed by atoms with Crippen molar-refractivity contribution in [3.05, 3.63) is 58.7 Å². The number of aliphatic hydroxyl groups is 1. The Balaban J connectivity index is 1.98. The van der Waals surface area contributed by atoms with E-state index in [0.717, 1.165) is 28.0 Å². The average molecular weight is 315 g/mol. The fraction of sp³-hybridized carbons (Fsp3) is 0.368. The van der Waals surface area contributed by atoms with Crippen LogP contribution in [0.5, 0.6) is 11.5 Å². The molecule has 2 N–H and O–H groups in total. The van der Waals surface area contributed by atoms with Crippen molar-refractivity contribution in [3.8, 4) is 11.5 Å². The molecular formula is C19H25NO3. The van der Waals surface area contributed by atoms with E-state index in [2.05, 4.69) is 5.32 Å². The van der Waals surface area contributed by atoms with Crippen LogP contribution in [0.1, 0.15) is 28.4 Å². The first-order valence-corrected chi connectivity index (χ1v) is 7.72. The number of ether oxygens (including phenoxy) is 2. The Hall–Kier alpha value is -2.04. The summed E-state index contributed by atoms with van der Waals surface area (Å²) in [5, 5.41) is 13.6. The average Bonchev–Trinajstić information content (AvgIpc) is 2.55. The molecule has 4 heteroatoms. The van der Waals surface area contributed by atoms with Gasteiger partial charge in [0.1, 0.15) is 0 Å². The van der Waals surface area contributed by atoms with E-state index in [1.54, 1.807) is 14.2 Å². The Labute approximate surface area is 138 Å². The minimum atomic E-state index is -0.518. The maximum Gasteiger partial charge on any atom is 0.161 e. The predicted octanol–water partition coefficient (Wildman–Crippen LogP) is 3.14. The molecule has 0 bridgehead atoms. The third-order valence-electron chi connectivity index (χ3n) is 3.92. The third-order valence-corrected chi connectivity index (χ3v) is 3.92. The molecule has 0 saturated carbocycles. The summed E-state index contributed by atoms with van der Waals surface area (Å²) < 4.78 is 10.6. The van der Waals surface area contributed by atoms with Gasteiger partial charge in [0, 0.05) is 13.1 Å². The van der Waals surface area contributed by atoms with Crippen molar-refractivity contribution in [2.45, 2.75) is 26.5 Å². The molecule has 2 rings (SSSR count). The number of hydrogen-bond donors (Lipinski definition) is 2. The number of nitrogens with one attached hydrogen (secondary N) is 1. The van der Waals surface area contributed by atoms with Gasteiger partial charge in [0.15, 0.2) is 11.5 Å². The SMILES string of the molecule is COc1cc(C)c(CNCC(O)c2cccc(C)c2)cc1OC. The van der Waals surface area contributed by atoms with Gasteiger partial charge in [-0.15, -0.1) is 0 Å². The number of benzene rings is 2. The second-order valence-electron chi connectivity index (χ2n) is 5.69. The summed E-state index contributed by atoms with van der Waals surface area (Å²) in [6.07, 6.45) is -0.518. The van der Waals surface area contributed by atoms with E-state index < -0.39 is 6.10 Å². The van der Waals surface area contributed by atoms with Crippen LogP contribution in [0, 0.1) is 13.8 Å². The first-order valence-electron chi connectivity index (χ1n) is 7.72. The van der Waals surface area contributed by atoms with Gasteiger partial charge in [0.2, 0.25) is 0 Å². The molecule has 0 saturated heterocycles. The van der Waals surface area contributed by atoms with Gasteiger partial charge in [-0.25, -0.2) is 0 Å². The highest BCUT2D eigenvalue weighted by Gasteiger charge is 2.10. The Morgan fingerprint density at radius 3 is 2.39 bits per heavy atom. The fourth-order valence-electron chi connectivity index (χ4n) is 2.55. The zero-order chi connectivity index (χ0) is 16.8. The van der Waals surface area contributed by atoms with Crippen molar-refractivity contribution in [2.24, 2.45) is 0 Å². The highest BCUT2D eigenvalue weighted by Crippen LogP contribution is 2.30. The number of rotatable bonds is 7. The molecule has 23 heavy (non-hydrogen) atoms. The zero-order valence-electron chi connectivity index (χ0n) is 14.2. The molecular weight excluding hydrogens is 290 g/mol. The van der Waals surface area contributed by atoms with E-state index in [1.165, 1.54) is 0 Å². The molecule has 0 amide bonds. The quantitative estimate of drug-likeness (QED) is 0.824. The monoisotopic (exact) mass is 315 g/mol. The molecule has 4 nitrogen and oxygen atoms in total. The Morgan fingerprint density at radius 2 is 1.74 bits per heavy atom. The van der Waals surface area contributed by atoms with Gasteiger partial charge < -0.3 is 19.9 Å². The maximum absolute atomic E-state index is 10.3. The van der Waals surface area contributed by atoms with Crippen molar-refractivity contribution in [1.29, 1.82) is 0 Å². The van der Waals surface area contributed by atoms with Gasteiger partial charge in [0.25, 0.3) is 0 Å². The van der Waals surface area contributed by atoms with Crippen molar-refractivity contribution in [2.75, 3.05) is 20.8 Å². The van der Waals surface area contributed by atoms with E-state index >= 15 is 0 Å². The Bertz CT molecular complexity index is 655. The normalized spacial score (nSPS) is 12.0. The third kappa shape index (κ3) is 4.47. The van der Waals surface area contributed by atoms with E-state index in [-0.39, 0.29) is 0 Å². The molecule has 0 spiro atoms. The van der Waals surface area contributed by atoms with Gasteiger partial charge in [-0.05, 0) is 42.7 Å². The Kier molecular flexibility index (Phi) is 6.02. The molecule has 0 heterocycles. The number of aryl methyl sites for hydroxylation is 2. The summed E-state index contributed by atoms with van der Waals surface area (Å²) in [7, 11) is 3.26. The van der Waals surface area contributed by atoms with Crippen LogP contribution >= 0.6 is 0 Å². The van der Waals surface area contributed by atoms with E-state index in [1.807, 2.05) is 50.2 Å². The lowest BCUT2D eigenvalue weighted by Gasteiger charge is -2.15. The van der Waals surface area contributed by atoms with Gasteiger partial charge in [-0.1, -0.05) is 29.8 Å². The van der Waals surface area contributed by atoms with Crippen LogP contribution in [-0.4, -0.2) is 25.9 Å². The van der Waals surface area contributed by atoms with Crippen molar-refractivity contribution in [1.82, 2.24) is 5.32 Å². The lowest BCUT2D eigenvalue weighted by atomic mass is 10.1.